The van der Waals surface area contributed by atoms with E-state index in [9.17, 15) is 14.5 Å². The second kappa shape index (κ2) is 6.20. The molecule has 1 saturated carbocycles. The van der Waals surface area contributed by atoms with Gasteiger partial charge in [-0.05, 0) is 37.3 Å². The summed E-state index contributed by atoms with van der Waals surface area (Å²) >= 11 is 0. The molecular weight excluding hydrogens is 259 g/mol. The lowest BCUT2D eigenvalue weighted by molar-refractivity contribution is -0.384. The second-order valence-corrected chi connectivity index (χ2v) is 5.66. The average molecular weight is 280 g/mol. The summed E-state index contributed by atoms with van der Waals surface area (Å²) in [5.41, 5.74) is 0.698. The van der Waals surface area contributed by atoms with Crippen LogP contribution in [0.25, 0.3) is 0 Å². The normalized spacial score (nSPS) is 22.6. The van der Waals surface area contributed by atoms with Gasteiger partial charge in [-0.3, -0.25) is 10.1 Å². The third kappa shape index (κ3) is 3.26. The molecule has 0 aromatic heterocycles. The molecule has 1 aromatic carbocycles. The lowest BCUT2D eigenvalue weighted by atomic mass is 9.84. The SMILES string of the molecule is CCC1CCCC(Nc2cc(C)c(F)cc2[N+](=O)[O-])C1. The van der Waals surface area contributed by atoms with Crippen molar-refractivity contribution in [1.29, 1.82) is 0 Å². The number of nitrogens with one attached hydrogen (secondary N) is 1. The summed E-state index contributed by atoms with van der Waals surface area (Å²) in [6.07, 6.45) is 5.57. The highest BCUT2D eigenvalue weighted by Crippen LogP contribution is 2.33. The van der Waals surface area contributed by atoms with Gasteiger partial charge in [-0.25, -0.2) is 4.39 Å². The van der Waals surface area contributed by atoms with Gasteiger partial charge in [0.1, 0.15) is 11.5 Å². The van der Waals surface area contributed by atoms with Crippen molar-refractivity contribution in [3.05, 3.63) is 33.6 Å². The maximum atomic E-state index is 13.5. The first-order chi connectivity index (χ1) is 9.51. The van der Waals surface area contributed by atoms with E-state index in [-0.39, 0.29) is 11.7 Å². The number of nitrogens with zero attached hydrogens (tertiary/aromatic N) is 1. The summed E-state index contributed by atoms with van der Waals surface area (Å²) in [5, 5.41) is 14.3. The molecule has 2 unspecified atom stereocenters. The van der Waals surface area contributed by atoms with Gasteiger partial charge in [0.25, 0.3) is 5.69 Å². The topological polar surface area (TPSA) is 55.2 Å². The summed E-state index contributed by atoms with van der Waals surface area (Å²) in [6, 6.07) is 2.80. The molecule has 0 amide bonds. The first-order valence-corrected chi connectivity index (χ1v) is 7.22. The van der Waals surface area contributed by atoms with Crippen LogP contribution in [0.5, 0.6) is 0 Å². The first kappa shape index (κ1) is 14.8. The van der Waals surface area contributed by atoms with Crippen LogP contribution in [0.2, 0.25) is 0 Å². The van der Waals surface area contributed by atoms with Crippen LogP contribution < -0.4 is 5.32 Å². The van der Waals surface area contributed by atoms with Crippen LogP contribution in [0, 0.1) is 28.8 Å². The molecule has 1 aromatic rings. The largest absolute Gasteiger partial charge is 0.377 e. The van der Waals surface area contributed by atoms with Gasteiger partial charge in [0.15, 0.2) is 0 Å². The minimum Gasteiger partial charge on any atom is -0.377 e. The van der Waals surface area contributed by atoms with E-state index in [1.807, 2.05) is 0 Å². The number of halogens is 1. The summed E-state index contributed by atoms with van der Waals surface area (Å²) in [7, 11) is 0. The molecule has 1 N–H and O–H groups in total. The van der Waals surface area contributed by atoms with Gasteiger partial charge in [-0.15, -0.1) is 0 Å². The number of anilines is 1. The first-order valence-electron chi connectivity index (χ1n) is 7.22. The van der Waals surface area contributed by atoms with Gasteiger partial charge in [0.2, 0.25) is 0 Å². The standard InChI is InChI=1S/C15H21FN2O2/c1-3-11-5-4-6-12(8-11)17-14-7-10(2)13(16)9-15(14)18(19)20/h7,9,11-12,17H,3-6,8H2,1-2H3. The fraction of sp³-hybridized carbons (Fsp3) is 0.600. The Morgan fingerprint density at radius 1 is 1.45 bits per heavy atom. The van der Waals surface area contributed by atoms with Gasteiger partial charge in [0, 0.05) is 6.04 Å². The molecule has 0 spiro atoms. The number of nitro groups is 1. The number of aryl methyl sites for hydroxylation is 1. The highest BCUT2D eigenvalue weighted by Gasteiger charge is 2.24. The van der Waals surface area contributed by atoms with Gasteiger partial charge < -0.3 is 5.32 Å². The molecule has 0 bridgehead atoms. The van der Waals surface area contributed by atoms with Crippen LogP contribution in [0.15, 0.2) is 12.1 Å². The minimum atomic E-state index is -0.530. The molecule has 0 heterocycles. The van der Waals surface area contributed by atoms with Crippen molar-refractivity contribution < 1.29 is 9.31 Å². The highest BCUT2D eigenvalue weighted by molar-refractivity contribution is 5.63. The molecule has 5 heteroatoms. The van der Waals surface area contributed by atoms with Crippen LogP contribution in [0.3, 0.4) is 0 Å². The molecule has 0 aliphatic heterocycles. The lowest BCUT2D eigenvalue weighted by Gasteiger charge is -2.29. The zero-order valence-corrected chi connectivity index (χ0v) is 12.0. The zero-order valence-electron chi connectivity index (χ0n) is 12.0. The van der Waals surface area contributed by atoms with Crippen LogP contribution in [0.1, 0.15) is 44.6 Å². The fourth-order valence-electron chi connectivity index (χ4n) is 2.95. The van der Waals surface area contributed by atoms with E-state index in [0.717, 1.165) is 31.7 Å². The van der Waals surface area contributed by atoms with Crippen molar-refractivity contribution >= 4 is 11.4 Å². The Bertz CT molecular complexity index is 505. The Morgan fingerprint density at radius 3 is 2.85 bits per heavy atom. The molecule has 4 nitrogen and oxygen atoms in total. The summed E-state index contributed by atoms with van der Waals surface area (Å²) in [5.74, 6) is 0.152. The van der Waals surface area contributed by atoms with Crippen molar-refractivity contribution in [3.8, 4) is 0 Å². The third-order valence-electron chi connectivity index (χ3n) is 4.19. The van der Waals surface area contributed by atoms with E-state index >= 15 is 0 Å². The molecule has 1 aliphatic carbocycles. The van der Waals surface area contributed by atoms with Crippen molar-refractivity contribution in [1.82, 2.24) is 0 Å². The van der Waals surface area contributed by atoms with Crippen LogP contribution in [-0.4, -0.2) is 11.0 Å². The van der Waals surface area contributed by atoms with Crippen molar-refractivity contribution in [2.45, 2.75) is 52.0 Å². The van der Waals surface area contributed by atoms with E-state index < -0.39 is 10.7 Å². The second-order valence-electron chi connectivity index (χ2n) is 5.66. The Morgan fingerprint density at radius 2 is 2.20 bits per heavy atom. The van der Waals surface area contributed by atoms with Crippen molar-refractivity contribution in [2.24, 2.45) is 5.92 Å². The molecule has 2 atom stereocenters. The smallest absolute Gasteiger partial charge is 0.295 e. The number of benzene rings is 1. The molecule has 110 valence electrons. The number of hydrogen-bond donors (Lipinski definition) is 1. The van der Waals surface area contributed by atoms with Crippen molar-refractivity contribution in [2.75, 3.05) is 5.32 Å². The molecular formula is C15H21FN2O2. The molecule has 20 heavy (non-hydrogen) atoms. The monoisotopic (exact) mass is 280 g/mol. The van der Waals surface area contributed by atoms with Gasteiger partial charge in [0.05, 0.1) is 11.0 Å². The van der Waals surface area contributed by atoms with Gasteiger partial charge >= 0.3 is 0 Å². The molecule has 1 aliphatic rings. The predicted octanol–water partition coefficient (Wildman–Crippen LogP) is 4.42. The van der Waals surface area contributed by atoms with E-state index in [1.54, 1.807) is 13.0 Å². The molecule has 1 fully saturated rings. The number of hydrogen-bond acceptors (Lipinski definition) is 3. The fourth-order valence-corrected chi connectivity index (χ4v) is 2.95. The maximum Gasteiger partial charge on any atom is 0.295 e. The molecule has 0 saturated heterocycles. The quantitative estimate of drug-likeness (QED) is 0.656. The predicted molar refractivity (Wildman–Crippen MR) is 77.5 cm³/mol. The Kier molecular flexibility index (Phi) is 4.57. The maximum absolute atomic E-state index is 13.5. The van der Waals surface area contributed by atoms with Crippen molar-refractivity contribution in [3.63, 3.8) is 0 Å². The van der Waals surface area contributed by atoms with Crippen LogP contribution >= 0.6 is 0 Å². The minimum absolute atomic E-state index is 0.174. The van der Waals surface area contributed by atoms with E-state index in [0.29, 0.717) is 17.2 Å². The molecule has 0 radical (unpaired) electrons. The van der Waals surface area contributed by atoms with Crippen LogP contribution in [0.4, 0.5) is 15.8 Å². The summed E-state index contributed by atoms with van der Waals surface area (Å²) in [4.78, 5) is 10.5. The summed E-state index contributed by atoms with van der Waals surface area (Å²) in [6.45, 7) is 3.80. The van der Waals surface area contributed by atoms with Crippen LogP contribution in [-0.2, 0) is 0 Å². The average Bonchev–Trinajstić information content (AvgIpc) is 2.42. The molecule has 2 rings (SSSR count). The van der Waals surface area contributed by atoms with E-state index in [2.05, 4.69) is 12.2 Å². The third-order valence-corrected chi connectivity index (χ3v) is 4.19. The lowest BCUT2D eigenvalue weighted by Crippen LogP contribution is -2.27. The Balaban J connectivity index is 2.19. The van der Waals surface area contributed by atoms with E-state index in [4.69, 9.17) is 0 Å². The summed E-state index contributed by atoms with van der Waals surface area (Å²) < 4.78 is 13.5. The van der Waals surface area contributed by atoms with E-state index in [1.165, 1.54) is 6.42 Å². The highest BCUT2D eigenvalue weighted by atomic mass is 19.1. The zero-order chi connectivity index (χ0) is 14.7. The number of rotatable bonds is 4. The number of nitro benzene ring substituents is 1. The Hall–Kier alpha value is -1.65. The Labute approximate surface area is 118 Å². The van der Waals surface area contributed by atoms with Gasteiger partial charge in [-0.1, -0.05) is 26.2 Å². The van der Waals surface area contributed by atoms with Gasteiger partial charge in [-0.2, -0.15) is 0 Å².